The maximum Gasteiger partial charge on any atom is 0.449 e. The predicted octanol–water partition coefficient (Wildman–Crippen LogP) is 1.80. The normalized spacial score (nSPS) is 17.2. The Balaban J connectivity index is 2.20. The molecule has 4 amide bonds. The summed E-state index contributed by atoms with van der Waals surface area (Å²) in [7, 11) is 0. The Morgan fingerprint density at radius 2 is 1.91 bits per heavy atom. The van der Waals surface area contributed by atoms with Crippen LogP contribution in [0.2, 0.25) is 0 Å². The molecule has 1 saturated heterocycles. The summed E-state index contributed by atoms with van der Waals surface area (Å²) in [5, 5.41) is 4.41. The van der Waals surface area contributed by atoms with Crippen LogP contribution in [-0.2, 0) is 21.3 Å². The molecular formula is C19H20F3N5O5. The number of rotatable bonds is 3. The molecule has 1 aliphatic rings. The zero-order chi connectivity index (χ0) is 24.0. The number of nitrogens with one attached hydrogen (secondary N) is 2. The van der Waals surface area contributed by atoms with Crippen LogP contribution in [0.25, 0.3) is 11.0 Å². The molecule has 1 aromatic heterocycles. The van der Waals surface area contributed by atoms with Crippen molar-refractivity contribution in [3.05, 3.63) is 23.5 Å². The van der Waals surface area contributed by atoms with Crippen molar-refractivity contribution in [3.8, 4) is 5.75 Å². The van der Waals surface area contributed by atoms with E-state index in [2.05, 4.69) is 15.6 Å². The van der Waals surface area contributed by atoms with E-state index in [-0.39, 0.29) is 18.4 Å². The zero-order valence-corrected chi connectivity index (χ0v) is 17.3. The Hall–Kier alpha value is -3.64. The number of piperidine rings is 1. The summed E-state index contributed by atoms with van der Waals surface area (Å²) in [6.45, 7) is 4.58. The third-order valence-corrected chi connectivity index (χ3v) is 4.70. The number of halogens is 3. The number of ether oxygens (including phenoxy) is 1. The smallest absolute Gasteiger partial charge is 0.410 e. The maximum atomic E-state index is 13.7. The average molecular weight is 455 g/mol. The Morgan fingerprint density at radius 1 is 1.25 bits per heavy atom. The molecule has 0 aliphatic carbocycles. The second-order valence-electron chi connectivity index (χ2n) is 8.14. The Bertz CT molecular complexity index is 1130. The lowest BCUT2D eigenvalue weighted by atomic mass is 10.0. The third-order valence-electron chi connectivity index (χ3n) is 4.70. The van der Waals surface area contributed by atoms with Gasteiger partial charge in [-0.25, -0.2) is 9.78 Å². The summed E-state index contributed by atoms with van der Waals surface area (Å²) >= 11 is 0. The fourth-order valence-corrected chi connectivity index (χ4v) is 3.47. The van der Waals surface area contributed by atoms with Crippen LogP contribution in [0.4, 0.5) is 18.0 Å². The first-order valence-electron chi connectivity index (χ1n) is 9.45. The SMILES string of the molecule is CC(C)(C)n1c(C(F)(F)F)nc2c(C(=O)NC3CCC(=O)NC3=O)c(OC(N)=O)ccc21. The minimum absolute atomic E-state index is 0.0113. The molecule has 1 aliphatic heterocycles. The molecular weight excluding hydrogens is 435 g/mol. The minimum Gasteiger partial charge on any atom is -0.410 e. The number of nitrogens with two attached hydrogens (primary N) is 1. The number of nitrogens with zero attached hydrogens (tertiary/aromatic N) is 2. The molecule has 0 radical (unpaired) electrons. The van der Waals surface area contributed by atoms with Crippen molar-refractivity contribution >= 4 is 34.8 Å². The van der Waals surface area contributed by atoms with Gasteiger partial charge in [-0.1, -0.05) is 0 Å². The van der Waals surface area contributed by atoms with Gasteiger partial charge in [0.05, 0.1) is 5.52 Å². The number of carbonyl (C=O) groups excluding carboxylic acids is 4. The summed E-state index contributed by atoms with van der Waals surface area (Å²) in [6.07, 6.45) is -6.20. The molecule has 1 atom stereocenters. The summed E-state index contributed by atoms with van der Waals surface area (Å²) in [4.78, 5) is 51.3. The van der Waals surface area contributed by atoms with Gasteiger partial charge in [0.15, 0.2) is 0 Å². The van der Waals surface area contributed by atoms with Gasteiger partial charge >= 0.3 is 12.3 Å². The number of fused-ring (bicyclic) bond motifs is 1. The van der Waals surface area contributed by atoms with Gasteiger partial charge in [-0.3, -0.25) is 19.7 Å². The van der Waals surface area contributed by atoms with Crippen LogP contribution in [-0.4, -0.2) is 39.4 Å². The van der Waals surface area contributed by atoms with Crippen LogP contribution < -0.4 is 21.1 Å². The molecule has 1 fully saturated rings. The zero-order valence-electron chi connectivity index (χ0n) is 17.3. The number of aromatic nitrogens is 2. The number of hydrogen-bond acceptors (Lipinski definition) is 6. The molecule has 2 heterocycles. The fraction of sp³-hybridized carbons (Fsp3) is 0.421. The first-order chi connectivity index (χ1) is 14.7. The van der Waals surface area contributed by atoms with E-state index in [0.717, 1.165) is 10.6 Å². The van der Waals surface area contributed by atoms with E-state index in [9.17, 15) is 32.3 Å². The highest BCUT2D eigenvalue weighted by molar-refractivity contribution is 6.10. The van der Waals surface area contributed by atoms with Crippen molar-refractivity contribution < 1.29 is 37.1 Å². The van der Waals surface area contributed by atoms with E-state index in [1.807, 2.05) is 0 Å². The fourth-order valence-electron chi connectivity index (χ4n) is 3.47. The minimum atomic E-state index is -4.85. The molecule has 0 saturated carbocycles. The van der Waals surface area contributed by atoms with Gasteiger partial charge in [-0.15, -0.1) is 0 Å². The molecule has 1 aromatic carbocycles. The Morgan fingerprint density at radius 3 is 2.44 bits per heavy atom. The molecule has 0 spiro atoms. The number of amides is 4. The van der Waals surface area contributed by atoms with Crippen molar-refractivity contribution in [1.82, 2.24) is 20.2 Å². The third kappa shape index (κ3) is 4.36. The van der Waals surface area contributed by atoms with Crippen LogP contribution in [0.5, 0.6) is 5.75 Å². The molecule has 4 N–H and O–H groups in total. The van der Waals surface area contributed by atoms with Gasteiger partial charge in [0, 0.05) is 12.0 Å². The molecule has 10 nitrogen and oxygen atoms in total. The Kier molecular flexibility index (Phi) is 5.62. The number of imide groups is 1. The summed E-state index contributed by atoms with van der Waals surface area (Å²) in [6, 6.07) is 1.23. The lowest BCUT2D eigenvalue weighted by molar-refractivity contribution is -0.148. The van der Waals surface area contributed by atoms with Crippen LogP contribution >= 0.6 is 0 Å². The lowest BCUT2D eigenvalue weighted by Gasteiger charge is -2.25. The van der Waals surface area contributed by atoms with E-state index in [1.165, 1.54) is 26.8 Å². The number of benzene rings is 1. The number of carbonyl (C=O) groups is 4. The van der Waals surface area contributed by atoms with Crippen LogP contribution in [0.3, 0.4) is 0 Å². The van der Waals surface area contributed by atoms with E-state index < -0.39 is 64.2 Å². The van der Waals surface area contributed by atoms with E-state index >= 15 is 0 Å². The molecule has 172 valence electrons. The molecule has 13 heteroatoms. The van der Waals surface area contributed by atoms with Crippen molar-refractivity contribution in [2.24, 2.45) is 5.73 Å². The van der Waals surface area contributed by atoms with Gasteiger partial charge < -0.3 is 20.4 Å². The quantitative estimate of drug-likeness (QED) is 0.602. The summed E-state index contributed by atoms with van der Waals surface area (Å²) in [5.41, 5.74) is 3.01. The number of alkyl halides is 3. The first-order valence-corrected chi connectivity index (χ1v) is 9.45. The molecule has 32 heavy (non-hydrogen) atoms. The predicted molar refractivity (Wildman–Crippen MR) is 104 cm³/mol. The van der Waals surface area contributed by atoms with Gasteiger partial charge in [0.1, 0.15) is 22.9 Å². The van der Waals surface area contributed by atoms with Gasteiger partial charge in [-0.2, -0.15) is 13.2 Å². The van der Waals surface area contributed by atoms with Crippen LogP contribution in [0.15, 0.2) is 12.1 Å². The maximum absolute atomic E-state index is 13.7. The number of imidazole rings is 1. The molecule has 1 unspecified atom stereocenters. The van der Waals surface area contributed by atoms with Gasteiger partial charge in [0.25, 0.3) is 5.91 Å². The second kappa shape index (κ2) is 7.80. The van der Waals surface area contributed by atoms with Gasteiger partial charge in [-0.05, 0) is 39.3 Å². The van der Waals surface area contributed by atoms with Crippen molar-refractivity contribution in [2.45, 2.75) is 51.4 Å². The van der Waals surface area contributed by atoms with E-state index in [1.54, 1.807) is 0 Å². The van der Waals surface area contributed by atoms with Crippen LogP contribution in [0, 0.1) is 0 Å². The Labute approximate surface area is 179 Å². The molecule has 0 bridgehead atoms. The average Bonchev–Trinajstić information content (AvgIpc) is 3.03. The summed E-state index contributed by atoms with van der Waals surface area (Å²) < 4.78 is 47.0. The van der Waals surface area contributed by atoms with Crippen molar-refractivity contribution in [1.29, 1.82) is 0 Å². The molecule has 3 rings (SSSR count). The van der Waals surface area contributed by atoms with Crippen LogP contribution in [0.1, 0.15) is 49.8 Å². The second-order valence-corrected chi connectivity index (χ2v) is 8.14. The highest BCUT2D eigenvalue weighted by Gasteiger charge is 2.41. The largest absolute Gasteiger partial charge is 0.449 e. The highest BCUT2D eigenvalue weighted by atomic mass is 19.4. The highest BCUT2D eigenvalue weighted by Crippen LogP contribution is 2.38. The number of primary amides is 1. The van der Waals surface area contributed by atoms with Gasteiger partial charge in [0.2, 0.25) is 17.6 Å². The monoisotopic (exact) mass is 455 g/mol. The summed E-state index contributed by atoms with van der Waals surface area (Å²) in [5.74, 6) is -3.99. The van der Waals surface area contributed by atoms with E-state index in [0.29, 0.717) is 0 Å². The number of hydrogen-bond donors (Lipinski definition) is 3. The lowest BCUT2D eigenvalue weighted by Crippen LogP contribution is -2.52. The van der Waals surface area contributed by atoms with E-state index in [4.69, 9.17) is 10.5 Å². The molecule has 2 aromatic rings. The topological polar surface area (TPSA) is 145 Å². The van der Waals surface area contributed by atoms with Crippen molar-refractivity contribution in [2.75, 3.05) is 0 Å². The first kappa shape index (κ1) is 23.0. The standard InChI is InChI=1S/C19H20F3N5O5/c1-18(2,3)27-9-5-6-10(32-17(23)31)12(13(9)26-16(27)19(20,21)22)15(30)24-8-4-7-11(28)25-14(8)29/h5-6,8H,4,7H2,1-3H3,(H2,23,31)(H,24,30)(H,25,28,29). The van der Waals surface area contributed by atoms with Crippen molar-refractivity contribution in [3.63, 3.8) is 0 Å².